The van der Waals surface area contributed by atoms with Gasteiger partial charge in [0.15, 0.2) is 6.54 Å². The van der Waals surface area contributed by atoms with Crippen molar-refractivity contribution in [1.29, 1.82) is 0 Å². The van der Waals surface area contributed by atoms with Crippen LogP contribution in [0.25, 0.3) is 5.57 Å². The Morgan fingerprint density at radius 1 is 0.923 bits per heavy atom. The van der Waals surface area contributed by atoms with Crippen molar-refractivity contribution in [3.05, 3.63) is 87.1 Å². The Labute approximate surface area is 302 Å². The summed E-state index contributed by atoms with van der Waals surface area (Å²) in [5.41, 5.74) is 3.67. The number of anilines is 1. The van der Waals surface area contributed by atoms with E-state index in [9.17, 15) is 48.8 Å². The lowest BCUT2D eigenvalue weighted by atomic mass is 9.73. The van der Waals surface area contributed by atoms with E-state index in [0.29, 0.717) is 60.2 Å². The van der Waals surface area contributed by atoms with Gasteiger partial charge in [-0.3, -0.25) is 18.5 Å². The Bertz CT molecular complexity index is 2540. The van der Waals surface area contributed by atoms with Crippen molar-refractivity contribution in [1.82, 2.24) is 4.58 Å². The first kappa shape index (κ1) is 37.7. The minimum absolute atomic E-state index is 0.0115. The molecule has 0 fully saturated rings. The number of carbonyl (C=O) groups is 1. The molecule has 0 radical (unpaired) electrons. The summed E-state index contributed by atoms with van der Waals surface area (Å²) in [5.74, 6) is -1.53. The van der Waals surface area contributed by atoms with Gasteiger partial charge in [0.1, 0.15) is 17.2 Å². The van der Waals surface area contributed by atoms with Crippen molar-refractivity contribution in [2.45, 2.75) is 80.7 Å². The third-order valence-electron chi connectivity index (χ3n) is 10.1. The van der Waals surface area contributed by atoms with Gasteiger partial charge in [-0.25, -0.2) is 9.57 Å². The number of carboxylic acid groups (broad SMARTS) is 1. The van der Waals surface area contributed by atoms with E-state index < -0.39 is 62.8 Å². The monoisotopic (exact) mass is 774 g/mol. The van der Waals surface area contributed by atoms with Crippen molar-refractivity contribution in [3.8, 4) is 0 Å². The molecule has 3 aromatic rings. The van der Waals surface area contributed by atoms with E-state index in [2.05, 4.69) is 0 Å². The van der Waals surface area contributed by atoms with Crippen LogP contribution in [0.4, 0.5) is 11.4 Å². The highest BCUT2D eigenvalue weighted by atomic mass is 32.2. The number of hydrogen-bond acceptors (Lipinski definition) is 9. The summed E-state index contributed by atoms with van der Waals surface area (Å²) in [4.78, 5) is 17.2. The number of fused-ring (bicyclic) bond motifs is 4. The molecule has 3 heterocycles. The second kappa shape index (κ2) is 12.8. The van der Waals surface area contributed by atoms with E-state index in [0.717, 1.165) is 34.2 Å². The van der Waals surface area contributed by atoms with Crippen LogP contribution in [0.2, 0.25) is 0 Å². The molecule has 3 aliphatic rings. The largest absolute Gasteiger partial charge is 0.481 e. The molecule has 0 amide bonds. The summed E-state index contributed by atoms with van der Waals surface area (Å²) in [6, 6.07) is 10.8. The Hall–Kier alpha value is -4.00. The minimum Gasteiger partial charge on any atom is -0.481 e. The van der Waals surface area contributed by atoms with E-state index in [1.807, 2.05) is 61.4 Å². The Kier molecular flexibility index (Phi) is 9.32. The average molecular weight is 775 g/mol. The lowest BCUT2D eigenvalue weighted by molar-refractivity contribution is -0.137. The molecule has 3 aromatic carbocycles. The second-order valence-electron chi connectivity index (χ2n) is 14.6. The van der Waals surface area contributed by atoms with Crippen LogP contribution in [-0.2, 0) is 53.5 Å². The van der Waals surface area contributed by atoms with E-state index >= 15 is 0 Å². The lowest BCUT2D eigenvalue weighted by Crippen LogP contribution is -2.46. The van der Waals surface area contributed by atoms with Crippen LogP contribution < -0.4 is 20.2 Å². The maximum Gasteiger partial charge on any atom is 0.303 e. The van der Waals surface area contributed by atoms with Crippen LogP contribution in [0.1, 0.15) is 74.8 Å². The van der Waals surface area contributed by atoms with Crippen molar-refractivity contribution < 1.29 is 48.8 Å². The predicted octanol–water partition coefficient (Wildman–Crippen LogP) is 3.14. The maximum atomic E-state index is 12.3. The van der Waals surface area contributed by atoms with Gasteiger partial charge in [0.2, 0.25) is 5.36 Å². The highest BCUT2D eigenvalue weighted by Crippen LogP contribution is 2.47. The molecule has 0 saturated heterocycles. The van der Waals surface area contributed by atoms with Gasteiger partial charge < -0.3 is 10.0 Å². The van der Waals surface area contributed by atoms with Gasteiger partial charge in [0.05, 0.1) is 21.5 Å². The molecule has 0 aromatic heterocycles. The number of aryl methyl sites for hydroxylation is 1. The molecule has 14 nitrogen and oxygen atoms in total. The molecule has 0 saturated carbocycles. The molecule has 0 aliphatic carbocycles. The van der Waals surface area contributed by atoms with Crippen molar-refractivity contribution in [2.75, 3.05) is 23.7 Å². The number of carboxylic acids is 1. The number of rotatable bonds is 10. The first-order chi connectivity index (χ1) is 24.0. The van der Waals surface area contributed by atoms with Crippen molar-refractivity contribution in [2.24, 2.45) is 4.99 Å². The molecule has 0 bridgehead atoms. The summed E-state index contributed by atoms with van der Waals surface area (Å²) < 4.78 is 104. The van der Waals surface area contributed by atoms with Crippen molar-refractivity contribution >= 4 is 53.3 Å². The number of benzene rings is 3. The molecule has 0 unspecified atom stereocenters. The van der Waals surface area contributed by atoms with E-state index in [4.69, 9.17) is 4.99 Å². The van der Waals surface area contributed by atoms with Gasteiger partial charge in [0.25, 0.3) is 30.4 Å². The summed E-state index contributed by atoms with van der Waals surface area (Å²) in [7, 11) is -14.0. The average Bonchev–Trinajstić information content (AvgIpc) is 3.00. The molecule has 0 spiro atoms. The van der Waals surface area contributed by atoms with Gasteiger partial charge in [0, 0.05) is 53.2 Å². The molecular weight excluding hydrogens is 735 g/mol. The number of hydrogen-bond donors (Lipinski definition) is 4. The first-order valence-electron chi connectivity index (χ1n) is 16.5. The fourth-order valence-corrected chi connectivity index (χ4v) is 9.61. The molecule has 3 aliphatic heterocycles. The Morgan fingerprint density at radius 2 is 1.63 bits per heavy atom. The van der Waals surface area contributed by atoms with Gasteiger partial charge in [-0.2, -0.15) is 25.3 Å². The van der Waals surface area contributed by atoms with Crippen LogP contribution in [0.15, 0.2) is 63.3 Å². The summed E-state index contributed by atoms with van der Waals surface area (Å²) in [6.45, 7) is 8.78. The molecule has 0 atom stereocenters. The molecular formula is C35H40N3O11S3+. The van der Waals surface area contributed by atoms with Crippen LogP contribution in [0.3, 0.4) is 0 Å². The van der Waals surface area contributed by atoms with Gasteiger partial charge >= 0.3 is 5.97 Å². The highest BCUT2D eigenvalue weighted by molar-refractivity contribution is 7.86. The quantitative estimate of drug-likeness (QED) is 0.173. The third kappa shape index (κ3) is 7.30. The molecule has 278 valence electrons. The van der Waals surface area contributed by atoms with E-state index in [-0.39, 0.29) is 18.5 Å². The maximum absolute atomic E-state index is 12.3. The molecule has 4 N–H and O–H groups in total. The van der Waals surface area contributed by atoms with E-state index in [1.54, 1.807) is 6.08 Å². The van der Waals surface area contributed by atoms with E-state index in [1.165, 1.54) is 6.07 Å². The summed E-state index contributed by atoms with van der Waals surface area (Å²) in [5, 5.41) is 10.8. The summed E-state index contributed by atoms with van der Waals surface area (Å²) in [6.07, 6.45) is 3.47. The molecule has 17 heteroatoms. The normalized spacial score (nSPS) is 17.6. The lowest BCUT2D eigenvalue weighted by Gasteiger charge is -2.45. The van der Waals surface area contributed by atoms with Crippen LogP contribution in [0, 0.1) is 0 Å². The second-order valence-corrected chi connectivity index (χ2v) is 18.8. The number of nitrogens with zero attached hydrogens (tertiary/aromatic N) is 3. The molecule has 6 rings (SSSR count). The molecule has 52 heavy (non-hydrogen) atoms. The zero-order valence-electron chi connectivity index (χ0n) is 29.0. The minimum atomic E-state index is -4.86. The Balaban J connectivity index is 1.52. The number of aliphatic carboxylic acids is 1. The van der Waals surface area contributed by atoms with Crippen molar-refractivity contribution in [3.63, 3.8) is 0 Å². The standard InChI is InChI=1S/C35H39N3O11S3/c1-34(2)18-23(20-50(41,42)43)25-15-29-27(17-31(25)38(34)12-6-8-33(39)40)35(3,4)26-16-30-21(13-28(26)36-29)7-5-11-37(30)19-22-9-10-24(51(44,45)46)14-32(22)52(47,48)49/h9-10,13-18H,5-8,11-12,19-20H2,1-4H3,(H3-,39,40,41,42,43,44,45,46,47,48,49)/p+1. The van der Waals surface area contributed by atoms with Gasteiger partial charge in [-0.05, 0) is 79.8 Å². The highest BCUT2D eigenvalue weighted by Gasteiger charge is 2.39. The predicted molar refractivity (Wildman–Crippen MR) is 192 cm³/mol. The zero-order valence-corrected chi connectivity index (χ0v) is 31.4. The fourth-order valence-electron chi connectivity index (χ4n) is 7.66. The topological polar surface area (TPSA) is 219 Å². The zero-order chi connectivity index (χ0) is 38.2. The van der Waals surface area contributed by atoms with Crippen LogP contribution in [-0.4, -0.2) is 74.4 Å². The fraction of sp³-hybridized carbons (Fsp3) is 0.400. The van der Waals surface area contributed by atoms with Crippen LogP contribution >= 0.6 is 0 Å². The van der Waals surface area contributed by atoms with Crippen LogP contribution in [0.5, 0.6) is 0 Å². The summed E-state index contributed by atoms with van der Waals surface area (Å²) >= 11 is 0. The van der Waals surface area contributed by atoms with Gasteiger partial charge in [-0.15, -0.1) is 0 Å². The first-order valence-corrected chi connectivity index (χ1v) is 21.0. The third-order valence-corrected chi connectivity index (χ3v) is 12.5. The Morgan fingerprint density at radius 3 is 2.27 bits per heavy atom. The SMILES string of the molecule is CC1(C)c2cc3c(cc2N=c2cc4c(cc21)=[N+](Cc1ccc(S(=O)(=O)O)cc1S(=O)(=O)O)CCC4)C(CS(=O)(=O)O)=CC(C)(C)N3CCCC(=O)O. The smallest absolute Gasteiger partial charge is 0.303 e. The van der Waals surface area contributed by atoms with Gasteiger partial charge in [-0.1, -0.05) is 19.9 Å².